The zero-order valence-corrected chi connectivity index (χ0v) is 17.6. The number of nitrogens with one attached hydrogen (secondary N) is 1. The largest absolute Gasteiger partial charge is 0.352 e. The van der Waals surface area contributed by atoms with Crippen LogP contribution < -0.4 is 5.32 Å². The second-order valence-electron chi connectivity index (χ2n) is 7.22. The Morgan fingerprint density at radius 1 is 1.00 bits per heavy atom. The van der Waals surface area contributed by atoms with Crippen LogP contribution in [-0.4, -0.2) is 28.8 Å². The van der Waals surface area contributed by atoms with Crippen LogP contribution in [0.15, 0.2) is 54.6 Å². The molecule has 0 aliphatic heterocycles. The normalized spacial score (nSPS) is 11.9. The van der Waals surface area contributed by atoms with E-state index in [1.54, 1.807) is 17.0 Å². The van der Waals surface area contributed by atoms with Crippen molar-refractivity contribution >= 4 is 23.4 Å². The summed E-state index contributed by atoms with van der Waals surface area (Å²) in [6, 6.07) is 16.9. The second-order valence-corrected chi connectivity index (χ2v) is 7.66. The highest BCUT2D eigenvalue weighted by atomic mass is 35.5. The van der Waals surface area contributed by atoms with Crippen LogP contribution in [0.1, 0.15) is 44.7 Å². The summed E-state index contributed by atoms with van der Waals surface area (Å²) in [5, 5.41) is 3.59. The molecule has 2 amide bonds. The van der Waals surface area contributed by atoms with Crippen molar-refractivity contribution in [1.29, 1.82) is 0 Å². The summed E-state index contributed by atoms with van der Waals surface area (Å²) in [5.41, 5.74) is 2.07. The molecule has 1 N–H and O–H groups in total. The number of carbonyl (C=O) groups excluding carboxylic acids is 2. The van der Waals surface area contributed by atoms with E-state index in [2.05, 4.69) is 5.32 Å². The highest BCUT2D eigenvalue weighted by Crippen LogP contribution is 2.17. The number of benzene rings is 2. The molecule has 0 radical (unpaired) electrons. The molecular formula is C23H29ClN2O2. The molecule has 0 aliphatic rings. The molecule has 5 heteroatoms. The summed E-state index contributed by atoms with van der Waals surface area (Å²) in [5.74, 6) is -0.135. The van der Waals surface area contributed by atoms with Gasteiger partial charge >= 0.3 is 0 Å². The Morgan fingerprint density at radius 2 is 1.64 bits per heavy atom. The first-order valence-corrected chi connectivity index (χ1v) is 10.2. The van der Waals surface area contributed by atoms with E-state index < -0.39 is 6.04 Å². The predicted octanol–water partition coefficient (Wildman–Crippen LogP) is 4.60. The second kappa shape index (κ2) is 10.9. The number of aryl methyl sites for hydroxylation is 1. The number of nitrogens with zero attached hydrogens (tertiary/aromatic N) is 1. The van der Waals surface area contributed by atoms with Crippen LogP contribution >= 0.6 is 11.6 Å². The molecule has 0 bridgehead atoms. The van der Waals surface area contributed by atoms with Gasteiger partial charge in [-0.3, -0.25) is 9.59 Å². The van der Waals surface area contributed by atoms with Crippen LogP contribution in [0.5, 0.6) is 0 Å². The molecule has 2 aromatic rings. The number of carbonyl (C=O) groups is 2. The first kappa shape index (κ1) is 22.0. The van der Waals surface area contributed by atoms with E-state index in [4.69, 9.17) is 11.6 Å². The average molecular weight is 401 g/mol. The van der Waals surface area contributed by atoms with E-state index in [0.29, 0.717) is 30.8 Å². The molecule has 4 nitrogen and oxygen atoms in total. The lowest BCUT2D eigenvalue weighted by Gasteiger charge is -2.31. The van der Waals surface area contributed by atoms with E-state index in [-0.39, 0.29) is 17.9 Å². The molecule has 28 heavy (non-hydrogen) atoms. The maximum atomic E-state index is 13.1. The van der Waals surface area contributed by atoms with Gasteiger partial charge in [-0.1, -0.05) is 61.0 Å². The molecule has 2 aromatic carbocycles. The van der Waals surface area contributed by atoms with Crippen molar-refractivity contribution in [2.45, 2.75) is 58.7 Å². The lowest BCUT2D eigenvalue weighted by Crippen LogP contribution is -2.50. The molecule has 1 atom stereocenters. The molecule has 2 rings (SSSR count). The molecule has 0 aromatic heterocycles. The van der Waals surface area contributed by atoms with E-state index in [1.807, 2.05) is 63.2 Å². The first-order valence-electron chi connectivity index (χ1n) is 9.79. The number of amides is 2. The predicted molar refractivity (Wildman–Crippen MR) is 114 cm³/mol. The number of halogens is 1. The molecule has 0 aliphatic carbocycles. The van der Waals surface area contributed by atoms with E-state index >= 15 is 0 Å². The summed E-state index contributed by atoms with van der Waals surface area (Å²) in [4.78, 5) is 27.5. The maximum Gasteiger partial charge on any atom is 0.243 e. The van der Waals surface area contributed by atoms with E-state index in [0.717, 1.165) is 11.1 Å². The van der Waals surface area contributed by atoms with Gasteiger partial charge in [0.15, 0.2) is 0 Å². The van der Waals surface area contributed by atoms with Gasteiger partial charge in [0.2, 0.25) is 11.8 Å². The molecule has 0 unspecified atom stereocenters. The van der Waals surface area contributed by atoms with Gasteiger partial charge in [-0.2, -0.15) is 0 Å². The molecule has 0 heterocycles. The first-order chi connectivity index (χ1) is 13.4. The fourth-order valence-corrected chi connectivity index (χ4v) is 3.25. The summed E-state index contributed by atoms with van der Waals surface area (Å²) < 4.78 is 0. The highest BCUT2D eigenvalue weighted by molar-refractivity contribution is 6.30. The third-order valence-corrected chi connectivity index (χ3v) is 4.81. The topological polar surface area (TPSA) is 49.4 Å². The molecular weight excluding hydrogens is 372 g/mol. The van der Waals surface area contributed by atoms with Crippen molar-refractivity contribution < 1.29 is 9.59 Å². The molecule has 0 saturated heterocycles. The van der Waals surface area contributed by atoms with Crippen molar-refractivity contribution in [3.63, 3.8) is 0 Å². The average Bonchev–Trinajstić information content (AvgIpc) is 2.67. The summed E-state index contributed by atoms with van der Waals surface area (Å²) in [6.45, 7) is 6.16. The Balaban J connectivity index is 2.18. The standard InChI is InChI=1S/C23H29ClN2O2/c1-4-21(23(28)25-17(2)3)26(16-19-10-13-20(24)14-11-19)22(27)15-12-18-8-6-5-7-9-18/h5-11,13-14,17,21H,4,12,15-16H2,1-3H3,(H,25,28)/t21-/m0/s1. The Labute approximate surface area is 172 Å². The zero-order valence-electron chi connectivity index (χ0n) is 16.8. The van der Waals surface area contributed by atoms with Gasteiger partial charge in [-0.05, 0) is 49.9 Å². The fraction of sp³-hybridized carbons (Fsp3) is 0.391. The molecule has 150 valence electrons. The molecule has 0 fully saturated rings. The number of hydrogen-bond donors (Lipinski definition) is 1. The van der Waals surface area contributed by atoms with Crippen LogP contribution in [0.4, 0.5) is 0 Å². The van der Waals surface area contributed by atoms with Crippen LogP contribution in [0.3, 0.4) is 0 Å². The Bertz CT molecular complexity index is 760. The fourth-order valence-electron chi connectivity index (χ4n) is 3.13. The lowest BCUT2D eigenvalue weighted by atomic mass is 10.1. The van der Waals surface area contributed by atoms with E-state index in [1.165, 1.54) is 0 Å². The smallest absolute Gasteiger partial charge is 0.243 e. The van der Waals surface area contributed by atoms with Gasteiger partial charge in [0.25, 0.3) is 0 Å². The minimum atomic E-state index is -0.499. The monoisotopic (exact) mass is 400 g/mol. The molecule has 0 spiro atoms. The minimum Gasteiger partial charge on any atom is -0.352 e. The SMILES string of the molecule is CC[C@@H](C(=O)NC(C)C)N(Cc1ccc(Cl)cc1)C(=O)CCc1ccccc1. The van der Waals surface area contributed by atoms with Crippen LogP contribution in [0.2, 0.25) is 5.02 Å². The highest BCUT2D eigenvalue weighted by Gasteiger charge is 2.28. The number of rotatable bonds is 9. The van der Waals surface area contributed by atoms with Crippen LogP contribution in [0.25, 0.3) is 0 Å². The Kier molecular flexibility index (Phi) is 8.52. The van der Waals surface area contributed by atoms with Crippen LogP contribution in [0, 0.1) is 0 Å². The minimum absolute atomic E-state index is 0.0236. The van der Waals surface area contributed by atoms with Crippen molar-refractivity contribution in [3.05, 3.63) is 70.7 Å². The zero-order chi connectivity index (χ0) is 20.5. The summed E-state index contributed by atoms with van der Waals surface area (Å²) in [7, 11) is 0. The van der Waals surface area contributed by atoms with Crippen molar-refractivity contribution in [3.8, 4) is 0 Å². The Hall–Kier alpha value is -2.33. The third kappa shape index (κ3) is 6.68. The number of hydrogen-bond acceptors (Lipinski definition) is 2. The van der Waals surface area contributed by atoms with Crippen molar-refractivity contribution in [1.82, 2.24) is 10.2 Å². The van der Waals surface area contributed by atoms with Crippen LogP contribution in [-0.2, 0) is 22.6 Å². The maximum absolute atomic E-state index is 13.1. The van der Waals surface area contributed by atoms with Gasteiger partial charge in [-0.25, -0.2) is 0 Å². The van der Waals surface area contributed by atoms with Gasteiger partial charge in [-0.15, -0.1) is 0 Å². The Morgan fingerprint density at radius 3 is 2.21 bits per heavy atom. The van der Waals surface area contributed by atoms with Gasteiger partial charge < -0.3 is 10.2 Å². The van der Waals surface area contributed by atoms with Crippen molar-refractivity contribution in [2.24, 2.45) is 0 Å². The third-order valence-electron chi connectivity index (χ3n) is 4.55. The van der Waals surface area contributed by atoms with Gasteiger partial charge in [0.1, 0.15) is 6.04 Å². The summed E-state index contributed by atoms with van der Waals surface area (Å²) in [6.07, 6.45) is 1.57. The quantitative estimate of drug-likeness (QED) is 0.668. The lowest BCUT2D eigenvalue weighted by molar-refractivity contribution is -0.141. The van der Waals surface area contributed by atoms with Crippen molar-refractivity contribution in [2.75, 3.05) is 0 Å². The van der Waals surface area contributed by atoms with E-state index in [9.17, 15) is 9.59 Å². The summed E-state index contributed by atoms with van der Waals surface area (Å²) >= 11 is 5.98. The molecule has 0 saturated carbocycles. The van der Waals surface area contributed by atoms with Gasteiger partial charge in [0.05, 0.1) is 0 Å². The van der Waals surface area contributed by atoms with Gasteiger partial charge in [0, 0.05) is 24.0 Å².